The van der Waals surface area contributed by atoms with Crippen molar-refractivity contribution in [2.45, 2.75) is 20.3 Å². The molecule has 0 unspecified atom stereocenters. The molecular formula is C19H18N4OS. The summed E-state index contributed by atoms with van der Waals surface area (Å²) in [4.78, 5) is 25.3. The number of nitrogens with zero attached hydrogens (tertiary/aromatic N) is 2. The zero-order valence-electron chi connectivity index (χ0n) is 14.1. The van der Waals surface area contributed by atoms with Gasteiger partial charge in [-0.2, -0.15) is 0 Å². The molecule has 0 aliphatic carbocycles. The average molecular weight is 350 g/mol. The van der Waals surface area contributed by atoms with E-state index in [2.05, 4.69) is 26.3 Å². The number of aromatic amines is 1. The Labute approximate surface area is 149 Å². The second-order valence-corrected chi connectivity index (χ2v) is 7.30. The lowest BCUT2D eigenvalue weighted by Crippen LogP contribution is -2.31. The number of pyridine rings is 1. The van der Waals surface area contributed by atoms with Crippen LogP contribution in [-0.4, -0.2) is 27.4 Å². The van der Waals surface area contributed by atoms with Gasteiger partial charge in [0, 0.05) is 36.1 Å². The molecule has 0 spiro atoms. The lowest BCUT2D eigenvalue weighted by Gasteiger charge is -2.10. The van der Waals surface area contributed by atoms with Crippen LogP contribution in [0.1, 0.15) is 37.3 Å². The molecule has 0 saturated carbocycles. The number of aromatic nitrogens is 3. The Balaban J connectivity index is 1.64. The molecule has 4 rings (SSSR count). The van der Waals surface area contributed by atoms with Gasteiger partial charge >= 0.3 is 0 Å². The molecule has 0 saturated heterocycles. The molecule has 126 valence electrons. The molecule has 4 heterocycles. The molecule has 3 aromatic rings. The minimum Gasteiger partial charge on any atom is -0.358 e. The van der Waals surface area contributed by atoms with Crippen molar-refractivity contribution in [2.75, 3.05) is 6.54 Å². The Bertz CT molecular complexity index is 983. The number of fused-ring (bicyclic) bond motifs is 1. The number of thiazole rings is 1. The second-order valence-electron chi connectivity index (χ2n) is 6.07. The number of rotatable bonds is 3. The van der Waals surface area contributed by atoms with Crippen molar-refractivity contribution in [2.24, 2.45) is 0 Å². The van der Waals surface area contributed by atoms with E-state index in [9.17, 15) is 4.79 Å². The molecule has 2 N–H and O–H groups in total. The van der Waals surface area contributed by atoms with Gasteiger partial charge in [0.1, 0.15) is 0 Å². The van der Waals surface area contributed by atoms with E-state index in [1.165, 1.54) is 0 Å². The largest absolute Gasteiger partial charge is 0.358 e. The second kappa shape index (κ2) is 6.29. The summed E-state index contributed by atoms with van der Waals surface area (Å²) >= 11 is 1.68. The van der Waals surface area contributed by atoms with Gasteiger partial charge in [-0.05, 0) is 44.2 Å². The fourth-order valence-corrected chi connectivity index (χ4v) is 3.85. The Morgan fingerprint density at radius 2 is 2.12 bits per heavy atom. The van der Waals surface area contributed by atoms with Gasteiger partial charge < -0.3 is 10.3 Å². The van der Waals surface area contributed by atoms with Gasteiger partial charge in [0.05, 0.1) is 26.8 Å². The van der Waals surface area contributed by atoms with Gasteiger partial charge in [-0.25, -0.2) is 4.98 Å². The topological polar surface area (TPSA) is 70.7 Å². The first-order valence-electron chi connectivity index (χ1n) is 8.19. The minimum absolute atomic E-state index is 0.00559. The van der Waals surface area contributed by atoms with Crippen LogP contribution in [0.3, 0.4) is 0 Å². The highest BCUT2D eigenvalue weighted by Gasteiger charge is 2.19. The third-order valence-electron chi connectivity index (χ3n) is 4.24. The van der Waals surface area contributed by atoms with E-state index in [-0.39, 0.29) is 5.91 Å². The summed E-state index contributed by atoms with van der Waals surface area (Å²) in [6.45, 7) is 4.71. The highest BCUT2D eigenvalue weighted by molar-refractivity contribution is 7.12. The van der Waals surface area contributed by atoms with Gasteiger partial charge in [-0.1, -0.05) is 0 Å². The van der Waals surface area contributed by atoms with E-state index in [4.69, 9.17) is 0 Å². The molecule has 25 heavy (non-hydrogen) atoms. The summed E-state index contributed by atoms with van der Waals surface area (Å²) in [5.74, 6) is -0.00559. The summed E-state index contributed by atoms with van der Waals surface area (Å²) in [7, 11) is 0. The Hall–Kier alpha value is -2.73. The van der Waals surface area contributed by atoms with E-state index < -0.39 is 0 Å². The Kier molecular flexibility index (Phi) is 3.97. The van der Waals surface area contributed by atoms with Crippen molar-refractivity contribution >= 4 is 29.4 Å². The Morgan fingerprint density at radius 3 is 2.88 bits per heavy atom. The SMILES string of the molecule is Cc1nc(C)c(C=Cc2cc(-c3cc4c([nH]3)CCNC4=O)ccn2)s1. The zero-order chi connectivity index (χ0) is 17.4. The monoisotopic (exact) mass is 350 g/mol. The van der Waals surface area contributed by atoms with Crippen molar-refractivity contribution in [3.05, 3.63) is 56.9 Å². The summed E-state index contributed by atoms with van der Waals surface area (Å²) < 4.78 is 0. The van der Waals surface area contributed by atoms with Crippen molar-refractivity contribution in [1.29, 1.82) is 0 Å². The fourth-order valence-electron chi connectivity index (χ4n) is 3.02. The third-order valence-corrected chi connectivity index (χ3v) is 5.28. The van der Waals surface area contributed by atoms with Gasteiger partial charge in [-0.15, -0.1) is 11.3 Å². The predicted molar refractivity (Wildman–Crippen MR) is 101 cm³/mol. The third kappa shape index (κ3) is 3.13. The van der Waals surface area contributed by atoms with E-state index >= 15 is 0 Å². The molecule has 0 atom stereocenters. The summed E-state index contributed by atoms with van der Waals surface area (Å²) in [5.41, 5.74) is 5.63. The standard InChI is InChI=1S/C19H18N4OS/c1-11-18(25-12(2)22-11)4-3-14-9-13(5-7-20-14)17-10-15-16(23-17)6-8-21-19(15)24/h3-5,7,9-10,23H,6,8H2,1-2H3,(H,21,24). The lowest BCUT2D eigenvalue weighted by molar-refractivity contribution is 0.0946. The lowest BCUT2D eigenvalue weighted by atomic mass is 10.1. The number of nitrogens with one attached hydrogen (secondary N) is 2. The molecule has 1 aliphatic rings. The minimum atomic E-state index is -0.00559. The normalized spacial score (nSPS) is 13.9. The molecule has 3 aromatic heterocycles. The predicted octanol–water partition coefficient (Wildman–Crippen LogP) is 3.61. The number of aryl methyl sites for hydroxylation is 2. The van der Waals surface area contributed by atoms with E-state index in [0.29, 0.717) is 6.54 Å². The van der Waals surface area contributed by atoms with Crippen LogP contribution >= 0.6 is 11.3 Å². The van der Waals surface area contributed by atoms with Crippen molar-refractivity contribution in [3.8, 4) is 11.3 Å². The van der Waals surface area contributed by atoms with Crippen molar-refractivity contribution < 1.29 is 4.79 Å². The maximum atomic E-state index is 11.9. The number of H-pyrrole nitrogens is 1. The molecule has 0 aromatic carbocycles. The van der Waals surface area contributed by atoms with Crippen molar-refractivity contribution in [3.63, 3.8) is 0 Å². The first-order valence-corrected chi connectivity index (χ1v) is 9.00. The molecule has 6 heteroatoms. The van der Waals surface area contributed by atoms with E-state index in [1.807, 2.05) is 38.1 Å². The fraction of sp³-hybridized carbons (Fsp3) is 0.211. The first kappa shape index (κ1) is 15.8. The maximum Gasteiger partial charge on any atom is 0.253 e. The van der Waals surface area contributed by atoms with E-state index in [1.54, 1.807) is 17.5 Å². The van der Waals surface area contributed by atoms with Crippen LogP contribution in [0.15, 0.2) is 24.4 Å². The quantitative estimate of drug-likeness (QED) is 0.758. The maximum absolute atomic E-state index is 11.9. The van der Waals surface area contributed by atoms with Crippen LogP contribution in [0.4, 0.5) is 0 Å². The zero-order valence-corrected chi connectivity index (χ0v) is 14.9. The van der Waals surface area contributed by atoms with Gasteiger partial charge in [0.2, 0.25) is 0 Å². The number of carbonyl (C=O) groups excluding carboxylic acids is 1. The number of amides is 1. The summed E-state index contributed by atoms with van der Waals surface area (Å²) in [5, 5.41) is 3.94. The van der Waals surface area contributed by atoms with Crippen LogP contribution < -0.4 is 5.32 Å². The van der Waals surface area contributed by atoms with E-state index in [0.717, 1.165) is 50.2 Å². The van der Waals surface area contributed by atoms with Gasteiger partial charge in [-0.3, -0.25) is 9.78 Å². The molecule has 1 aliphatic heterocycles. The van der Waals surface area contributed by atoms with Crippen LogP contribution in [0.2, 0.25) is 0 Å². The number of hydrogen-bond donors (Lipinski definition) is 2. The van der Waals surface area contributed by atoms with Crippen LogP contribution in [-0.2, 0) is 6.42 Å². The van der Waals surface area contributed by atoms with Crippen LogP contribution in [0.5, 0.6) is 0 Å². The highest BCUT2D eigenvalue weighted by atomic mass is 32.1. The Morgan fingerprint density at radius 1 is 1.24 bits per heavy atom. The molecule has 1 amide bonds. The first-order chi connectivity index (χ1) is 12.1. The van der Waals surface area contributed by atoms with Crippen molar-refractivity contribution in [1.82, 2.24) is 20.3 Å². The smallest absolute Gasteiger partial charge is 0.253 e. The van der Waals surface area contributed by atoms with Crippen LogP contribution in [0.25, 0.3) is 23.4 Å². The molecule has 0 radical (unpaired) electrons. The summed E-state index contributed by atoms with van der Waals surface area (Å²) in [6.07, 6.45) is 6.68. The highest BCUT2D eigenvalue weighted by Crippen LogP contribution is 2.25. The molecule has 0 fully saturated rings. The average Bonchev–Trinajstić information content (AvgIpc) is 3.17. The molecule has 0 bridgehead atoms. The van der Waals surface area contributed by atoms with Gasteiger partial charge in [0.25, 0.3) is 5.91 Å². The number of hydrogen-bond acceptors (Lipinski definition) is 4. The van der Waals surface area contributed by atoms with Gasteiger partial charge in [0.15, 0.2) is 0 Å². The molecule has 5 nitrogen and oxygen atoms in total. The van der Waals surface area contributed by atoms with Crippen LogP contribution in [0, 0.1) is 13.8 Å². The number of carbonyl (C=O) groups is 1. The molecular weight excluding hydrogens is 332 g/mol. The summed E-state index contributed by atoms with van der Waals surface area (Å²) in [6, 6.07) is 5.90.